The molecule has 1 aromatic heterocycles. The number of nitrogens with one attached hydrogen (secondary N) is 1. The molecule has 0 saturated heterocycles. The number of oxazole rings is 1. The fourth-order valence-electron chi connectivity index (χ4n) is 1.89. The van der Waals surface area contributed by atoms with Gasteiger partial charge in [-0.3, -0.25) is 4.79 Å². The molecular formula is C15H19N3O2. The highest BCUT2D eigenvalue weighted by Crippen LogP contribution is 2.13. The van der Waals surface area contributed by atoms with E-state index >= 15 is 0 Å². The van der Waals surface area contributed by atoms with Crippen LogP contribution >= 0.6 is 0 Å². The van der Waals surface area contributed by atoms with Gasteiger partial charge in [0.25, 0.3) is 5.91 Å². The Hall–Kier alpha value is -2.14. The maximum absolute atomic E-state index is 11.9. The molecular weight excluding hydrogens is 254 g/mol. The summed E-state index contributed by atoms with van der Waals surface area (Å²) in [6, 6.07) is 10.1. The van der Waals surface area contributed by atoms with Gasteiger partial charge < -0.3 is 15.5 Å². The Kier molecular flexibility index (Phi) is 4.90. The van der Waals surface area contributed by atoms with Gasteiger partial charge in [0.15, 0.2) is 11.6 Å². The van der Waals surface area contributed by atoms with Crippen LogP contribution in [-0.4, -0.2) is 24.0 Å². The third-order valence-corrected chi connectivity index (χ3v) is 3.08. The summed E-state index contributed by atoms with van der Waals surface area (Å²) in [5.41, 5.74) is 6.90. The summed E-state index contributed by atoms with van der Waals surface area (Å²) in [5.74, 6) is 0.518. The average molecular weight is 273 g/mol. The highest BCUT2D eigenvalue weighted by Gasteiger charge is 2.13. The van der Waals surface area contributed by atoms with Crippen molar-refractivity contribution in [1.82, 2.24) is 10.3 Å². The second-order valence-corrected chi connectivity index (χ2v) is 4.69. The fourth-order valence-corrected chi connectivity index (χ4v) is 1.89. The molecule has 20 heavy (non-hydrogen) atoms. The van der Waals surface area contributed by atoms with Gasteiger partial charge in [0.1, 0.15) is 6.26 Å². The van der Waals surface area contributed by atoms with Crippen molar-refractivity contribution in [3.05, 3.63) is 53.7 Å². The van der Waals surface area contributed by atoms with Crippen LogP contribution in [0.4, 0.5) is 0 Å². The topological polar surface area (TPSA) is 81.2 Å². The predicted octanol–water partition coefficient (Wildman–Crippen LogP) is 1.71. The van der Waals surface area contributed by atoms with Gasteiger partial charge in [-0.15, -0.1) is 0 Å². The lowest BCUT2D eigenvalue weighted by Gasteiger charge is -2.12. The van der Waals surface area contributed by atoms with Crippen LogP contribution in [0.3, 0.4) is 0 Å². The third kappa shape index (κ3) is 3.68. The molecule has 1 atom stereocenters. The lowest BCUT2D eigenvalue weighted by atomic mass is 10.0. The van der Waals surface area contributed by atoms with Crippen LogP contribution in [0, 0.1) is 0 Å². The summed E-state index contributed by atoms with van der Waals surface area (Å²) in [7, 11) is 0. The van der Waals surface area contributed by atoms with Crippen molar-refractivity contribution in [2.75, 3.05) is 13.1 Å². The van der Waals surface area contributed by atoms with E-state index < -0.39 is 0 Å². The van der Waals surface area contributed by atoms with E-state index in [0.29, 0.717) is 31.1 Å². The minimum atomic E-state index is -0.222. The average Bonchev–Trinajstić information content (AvgIpc) is 2.94. The Balaban J connectivity index is 1.88. The van der Waals surface area contributed by atoms with Crippen LogP contribution in [-0.2, 0) is 6.42 Å². The number of benzene rings is 1. The monoisotopic (exact) mass is 273 g/mol. The molecule has 0 aliphatic carbocycles. The summed E-state index contributed by atoms with van der Waals surface area (Å²) in [5, 5.41) is 2.86. The number of nitrogens with zero attached hydrogens (tertiary/aromatic N) is 1. The smallest absolute Gasteiger partial charge is 0.273 e. The Morgan fingerprint density at radius 1 is 1.40 bits per heavy atom. The van der Waals surface area contributed by atoms with Crippen LogP contribution in [0.25, 0.3) is 0 Å². The normalized spacial score (nSPS) is 12.1. The van der Waals surface area contributed by atoms with Crippen molar-refractivity contribution in [2.24, 2.45) is 5.73 Å². The van der Waals surface area contributed by atoms with Crippen LogP contribution in [0.2, 0.25) is 0 Å². The van der Waals surface area contributed by atoms with E-state index in [1.807, 2.05) is 30.3 Å². The molecule has 1 aromatic carbocycles. The summed E-state index contributed by atoms with van der Waals surface area (Å²) < 4.78 is 5.17. The number of carbonyl (C=O) groups excluding carboxylic acids is 1. The van der Waals surface area contributed by atoms with Gasteiger partial charge in [-0.25, -0.2) is 4.98 Å². The Bertz CT molecular complexity index is 551. The van der Waals surface area contributed by atoms with E-state index in [2.05, 4.69) is 17.2 Å². The number of aromatic nitrogens is 1. The third-order valence-electron chi connectivity index (χ3n) is 3.08. The van der Waals surface area contributed by atoms with E-state index in [4.69, 9.17) is 10.2 Å². The number of rotatable bonds is 6. The molecule has 0 bridgehead atoms. The van der Waals surface area contributed by atoms with Crippen LogP contribution in [0.1, 0.15) is 34.8 Å². The van der Waals surface area contributed by atoms with E-state index in [-0.39, 0.29) is 11.8 Å². The number of nitrogens with two attached hydrogens (primary N) is 1. The first kappa shape index (κ1) is 14.3. The minimum Gasteiger partial charge on any atom is -0.448 e. The molecule has 0 aliphatic rings. The first-order chi connectivity index (χ1) is 9.70. The molecule has 106 valence electrons. The van der Waals surface area contributed by atoms with Crippen molar-refractivity contribution >= 4 is 5.91 Å². The predicted molar refractivity (Wildman–Crippen MR) is 76.5 cm³/mol. The Labute approximate surface area is 118 Å². The zero-order valence-electron chi connectivity index (χ0n) is 11.5. The van der Waals surface area contributed by atoms with Gasteiger partial charge in [0.2, 0.25) is 0 Å². The minimum absolute atomic E-state index is 0.222. The largest absolute Gasteiger partial charge is 0.448 e. The molecule has 0 spiro atoms. The standard InChI is InChI=1S/C15H19N3O2/c1-11(12-5-3-2-4-6-12)9-17-15(19)13-10-20-14(18-13)7-8-16/h2-6,10-11H,7-9,16H2,1H3,(H,17,19). The van der Waals surface area contributed by atoms with Gasteiger partial charge in [0.05, 0.1) is 0 Å². The molecule has 1 amide bonds. The molecule has 2 aromatic rings. The number of hydrogen-bond acceptors (Lipinski definition) is 4. The Morgan fingerprint density at radius 2 is 2.15 bits per heavy atom. The summed E-state index contributed by atoms with van der Waals surface area (Å²) in [4.78, 5) is 16.0. The number of carbonyl (C=O) groups is 1. The van der Waals surface area contributed by atoms with Crippen LogP contribution in [0.15, 0.2) is 41.0 Å². The molecule has 1 unspecified atom stereocenters. The Morgan fingerprint density at radius 3 is 2.85 bits per heavy atom. The van der Waals surface area contributed by atoms with Crippen molar-refractivity contribution < 1.29 is 9.21 Å². The van der Waals surface area contributed by atoms with Crippen molar-refractivity contribution in [3.63, 3.8) is 0 Å². The number of hydrogen-bond donors (Lipinski definition) is 2. The van der Waals surface area contributed by atoms with Crippen molar-refractivity contribution in [1.29, 1.82) is 0 Å². The van der Waals surface area contributed by atoms with E-state index in [0.717, 1.165) is 0 Å². The van der Waals surface area contributed by atoms with Crippen molar-refractivity contribution in [3.8, 4) is 0 Å². The van der Waals surface area contributed by atoms with E-state index in [1.165, 1.54) is 11.8 Å². The molecule has 0 radical (unpaired) electrons. The highest BCUT2D eigenvalue weighted by atomic mass is 16.3. The molecule has 0 saturated carbocycles. The van der Waals surface area contributed by atoms with Gasteiger partial charge in [0, 0.05) is 19.5 Å². The summed E-state index contributed by atoms with van der Waals surface area (Å²) in [6.45, 7) is 3.08. The van der Waals surface area contributed by atoms with Gasteiger partial charge in [-0.2, -0.15) is 0 Å². The van der Waals surface area contributed by atoms with Gasteiger partial charge in [-0.1, -0.05) is 37.3 Å². The molecule has 3 N–H and O–H groups in total. The first-order valence-corrected chi connectivity index (χ1v) is 6.68. The van der Waals surface area contributed by atoms with E-state index in [9.17, 15) is 4.79 Å². The lowest BCUT2D eigenvalue weighted by Crippen LogP contribution is -2.27. The SMILES string of the molecule is CC(CNC(=O)c1coc(CCN)n1)c1ccccc1. The quantitative estimate of drug-likeness (QED) is 0.839. The summed E-state index contributed by atoms with van der Waals surface area (Å²) in [6.07, 6.45) is 1.90. The molecule has 5 heteroatoms. The van der Waals surface area contributed by atoms with E-state index in [1.54, 1.807) is 0 Å². The second-order valence-electron chi connectivity index (χ2n) is 4.69. The molecule has 0 fully saturated rings. The molecule has 0 aliphatic heterocycles. The second kappa shape index (κ2) is 6.86. The van der Waals surface area contributed by atoms with Crippen LogP contribution < -0.4 is 11.1 Å². The highest BCUT2D eigenvalue weighted by molar-refractivity contribution is 5.91. The fraction of sp³-hybridized carbons (Fsp3) is 0.333. The summed E-state index contributed by atoms with van der Waals surface area (Å²) >= 11 is 0. The lowest BCUT2D eigenvalue weighted by molar-refractivity contribution is 0.0946. The zero-order chi connectivity index (χ0) is 14.4. The van der Waals surface area contributed by atoms with Gasteiger partial charge in [-0.05, 0) is 11.5 Å². The maximum Gasteiger partial charge on any atom is 0.273 e. The zero-order valence-corrected chi connectivity index (χ0v) is 11.5. The maximum atomic E-state index is 11.9. The first-order valence-electron chi connectivity index (χ1n) is 6.68. The van der Waals surface area contributed by atoms with Gasteiger partial charge >= 0.3 is 0 Å². The molecule has 5 nitrogen and oxygen atoms in total. The van der Waals surface area contributed by atoms with Crippen molar-refractivity contribution in [2.45, 2.75) is 19.3 Å². The molecule has 2 rings (SSSR count). The number of amides is 1. The molecule has 1 heterocycles. The van der Waals surface area contributed by atoms with Crippen LogP contribution in [0.5, 0.6) is 0 Å².